The van der Waals surface area contributed by atoms with E-state index in [9.17, 15) is 0 Å². The molecule has 0 aromatic carbocycles. The van der Waals surface area contributed by atoms with Crippen LogP contribution in [0.1, 0.15) is 25.7 Å². The summed E-state index contributed by atoms with van der Waals surface area (Å²) in [4.78, 5) is 0. The van der Waals surface area contributed by atoms with Crippen LogP contribution in [0.25, 0.3) is 0 Å². The predicted octanol–water partition coefficient (Wildman–Crippen LogP) is 1.80. The quantitative estimate of drug-likeness (QED) is 0.532. The first-order chi connectivity index (χ1) is 5.47. The van der Waals surface area contributed by atoms with Crippen LogP contribution in [0, 0.1) is 11.8 Å². The topological polar surface area (TPSA) is 18.5 Å². The highest BCUT2D eigenvalue weighted by Crippen LogP contribution is 2.31. The van der Waals surface area contributed by atoms with E-state index in [4.69, 9.17) is 9.47 Å². The Bertz CT molecular complexity index is 111. The molecule has 2 rings (SSSR count). The van der Waals surface area contributed by atoms with Crippen LogP contribution in [-0.2, 0) is 9.47 Å². The summed E-state index contributed by atoms with van der Waals surface area (Å²) in [5.41, 5.74) is 0. The molecule has 1 aliphatic carbocycles. The standard InChI is InChI=1S/C9H16O2/c1-2-4-9-6-11-7-10-5-8(9)3-1/h8-9H,1-7H2. The first-order valence-electron chi connectivity index (χ1n) is 4.62. The van der Waals surface area contributed by atoms with Gasteiger partial charge in [-0.05, 0) is 24.7 Å². The number of hydrogen-bond acceptors (Lipinski definition) is 2. The zero-order valence-electron chi connectivity index (χ0n) is 6.92. The van der Waals surface area contributed by atoms with Crippen LogP contribution >= 0.6 is 0 Å². The lowest BCUT2D eigenvalue weighted by Gasteiger charge is -2.27. The van der Waals surface area contributed by atoms with Crippen molar-refractivity contribution in [3.63, 3.8) is 0 Å². The molecule has 0 amide bonds. The van der Waals surface area contributed by atoms with Crippen LogP contribution in [0.5, 0.6) is 0 Å². The van der Waals surface area contributed by atoms with Crippen molar-refractivity contribution in [3.8, 4) is 0 Å². The van der Waals surface area contributed by atoms with Crippen molar-refractivity contribution in [1.29, 1.82) is 0 Å². The Hall–Kier alpha value is -0.0800. The molecule has 1 aliphatic heterocycles. The molecule has 2 nitrogen and oxygen atoms in total. The minimum atomic E-state index is 0.521. The van der Waals surface area contributed by atoms with Crippen molar-refractivity contribution in [3.05, 3.63) is 0 Å². The van der Waals surface area contributed by atoms with Crippen molar-refractivity contribution < 1.29 is 9.47 Å². The zero-order chi connectivity index (χ0) is 7.52. The average molecular weight is 156 g/mol. The Labute approximate surface area is 67.9 Å². The molecule has 0 spiro atoms. The molecule has 0 aromatic heterocycles. The van der Waals surface area contributed by atoms with Gasteiger partial charge in [0.2, 0.25) is 0 Å². The molecule has 2 unspecified atom stereocenters. The fourth-order valence-corrected chi connectivity index (χ4v) is 2.18. The van der Waals surface area contributed by atoms with Crippen LogP contribution < -0.4 is 0 Å². The summed E-state index contributed by atoms with van der Waals surface area (Å²) in [7, 11) is 0. The summed E-state index contributed by atoms with van der Waals surface area (Å²) in [5.74, 6) is 1.59. The highest BCUT2D eigenvalue weighted by atomic mass is 16.7. The van der Waals surface area contributed by atoms with Gasteiger partial charge in [-0.3, -0.25) is 0 Å². The summed E-state index contributed by atoms with van der Waals surface area (Å²) in [6, 6.07) is 0. The van der Waals surface area contributed by atoms with Crippen LogP contribution in [-0.4, -0.2) is 20.0 Å². The average Bonchev–Trinajstić information content (AvgIpc) is 2.28. The third-order valence-corrected chi connectivity index (χ3v) is 2.90. The molecular weight excluding hydrogens is 140 g/mol. The SMILES string of the molecule is C1CCC2COCOCC2C1. The number of ether oxygens (including phenoxy) is 2. The Balaban J connectivity index is 1.93. The van der Waals surface area contributed by atoms with E-state index in [0.29, 0.717) is 6.79 Å². The highest BCUT2D eigenvalue weighted by Gasteiger charge is 2.26. The first-order valence-corrected chi connectivity index (χ1v) is 4.62. The van der Waals surface area contributed by atoms with Crippen molar-refractivity contribution in [2.45, 2.75) is 25.7 Å². The van der Waals surface area contributed by atoms with Gasteiger partial charge in [0.15, 0.2) is 0 Å². The maximum atomic E-state index is 5.34. The molecule has 2 atom stereocenters. The highest BCUT2D eigenvalue weighted by molar-refractivity contribution is 4.75. The van der Waals surface area contributed by atoms with E-state index >= 15 is 0 Å². The molecule has 2 aliphatic rings. The molecular formula is C9H16O2. The molecule has 2 fully saturated rings. The van der Waals surface area contributed by atoms with E-state index in [0.717, 1.165) is 25.0 Å². The minimum absolute atomic E-state index is 0.521. The third-order valence-electron chi connectivity index (χ3n) is 2.90. The molecule has 2 heteroatoms. The first kappa shape index (κ1) is 7.56. The fourth-order valence-electron chi connectivity index (χ4n) is 2.18. The second kappa shape index (κ2) is 3.55. The van der Waals surface area contributed by atoms with Gasteiger partial charge in [0.1, 0.15) is 6.79 Å². The lowest BCUT2D eigenvalue weighted by molar-refractivity contribution is -0.0372. The summed E-state index contributed by atoms with van der Waals surface area (Å²) in [5, 5.41) is 0. The molecule has 11 heavy (non-hydrogen) atoms. The Morgan fingerprint density at radius 2 is 1.36 bits per heavy atom. The van der Waals surface area contributed by atoms with Gasteiger partial charge in [0, 0.05) is 0 Å². The van der Waals surface area contributed by atoms with Gasteiger partial charge < -0.3 is 9.47 Å². The summed E-state index contributed by atoms with van der Waals surface area (Å²) < 4.78 is 10.7. The van der Waals surface area contributed by atoms with E-state index in [1.165, 1.54) is 25.7 Å². The van der Waals surface area contributed by atoms with Crippen LogP contribution in [0.4, 0.5) is 0 Å². The Morgan fingerprint density at radius 1 is 0.818 bits per heavy atom. The molecule has 0 radical (unpaired) electrons. The van der Waals surface area contributed by atoms with E-state index in [1.54, 1.807) is 0 Å². The fraction of sp³-hybridized carbons (Fsp3) is 1.00. The smallest absolute Gasteiger partial charge is 0.146 e. The largest absolute Gasteiger partial charge is 0.355 e. The van der Waals surface area contributed by atoms with Gasteiger partial charge in [-0.15, -0.1) is 0 Å². The lowest BCUT2D eigenvalue weighted by atomic mass is 9.80. The van der Waals surface area contributed by atoms with Gasteiger partial charge in [0.25, 0.3) is 0 Å². The summed E-state index contributed by atoms with van der Waals surface area (Å²) in [6.45, 7) is 2.39. The van der Waals surface area contributed by atoms with Crippen LogP contribution in [0.2, 0.25) is 0 Å². The normalized spacial score (nSPS) is 39.3. The maximum absolute atomic E-state index is 5.34. The Kier molecular flexibility index (Phi) is 2.44. The minimum Gasteiger partial charge on any atom is -0.355 e. The number of fused-ring (bicyclic) bond motifs is 1. The monoisotopic (exact) mass is 156 g/mol. The molecule has 1 saturated heterocycles. The van der Waals surface area contributed by atoms with E-state index in [2.05, 4.69) is 0 Å². The molecule has 0 aromatic rings. The summed E-state index contributed by atoms with van der Waals surface area (Å²) >= 11 is 0. The van der Waals surface area contributed by atoms with Gasteiger partial charge in [-0.25, -0.2) is 0 Å². The van der Waals surface area contributed by atoms with Gasteiger partial charge in [0.05, 0.1) is 13.2 Å². The molecule has 1 saturated carbocycles. The van der Waals surface area contributed by atoms with Crippen molar-refractivity contribution in [2.24, 2.45) is 11.8 Å². The lowest BCUT2D eigenvalue weighted by Crippen LogP contribution is -2.24. The molecule has 0 bridgehead atoms. The van der Waals surface area contributed by atoms with E-state index in [1.807, 2.05) is 0 Å². The van der Waals surface area contributed by atoms with Gasteiger partial charge >= 0.3 is 0 Å². The van der Waals surface area contributed by atoms with Crippen molar-refractivity contribution in [2.75, 3.05) is 20.0 Å². The predicted molar refractivity (Wildman–Crippen MR) is 42.2 cm³/mol. The second-order valence-electron chi connectivity index (χ2n) is 3.66. The molecule has 1 heterocycles. The van der Waals surface area contributed by atoms with Crippen LogP contribution in [0.3, 0.4) is 0 Å². The molecule has 64 valence electrons. The second-order valence-corrected chi connectivity index (χ2v) is 3.66. The van der Waals surface area contributed by atoms with Gasteiger partial charge in [-0.1, -0.05) is 12.8 Å². The van der Waals surface area contributed by atoms with Crippen molar-refractivity contribution in [1.82, 2.24) is 0 Å². The number of rotatable bonds is 0. The van der Waals surface area contributed by atoms with Gasteiger partial charge in [-0.2, -0.15) is 0 Å². The van der Waals surface area contributed by atoms with Crippen LogP contribution in [0.15, 0.2) is 0 Å². The molecule has 0 N–H and O–H groups in total. The summed E-state index contributed by atoms with van der Waals surface area (Å²) in [6.07, 6.45) is 5.50. The maximum Gasteiger partial charge on any atom is 0.146 e. The zero-order valence-corrected chi connectivity index (χ0v) is 6.92. The van der Waals surface area contributed by atoms with Crippen molar-refractivity contribution >= 4 is 0 Å². The Morgan fingerprint density at radius 3 is 1.91 bits per heavy atom. The third kappa shape index (κ3) is 1.74. The van der Waals surface area contributed by atoms with E-state index < -0.39 is 0 Å². The number of hydrogen-bond donors (Lipinski definition) is 0. The van der Waals surface area contributed by atoms with E-state index in [-0.39, 0.29) is 0 Å².